The van der Waals surface area contributed by atoms with E-state index in [4.69, 9.17) is 9.72 Å². The number of nitrogens with zero attached hydrogens (tertiary/aromatic N) is 1. The van der Waals surface area contributed by atoms with Gasteiger partial charge in [-0.05, 0) is 16.6 Å². The molecule has 2 heterocycles. The standard InChI is InChI=1S/C15H25NO3SSi/c1-8(2)21(9(3)4,10(5)6)15-16-13-12(20-15)11(7-19-13)14(17)18/h8-11H,7H2,1-6H3,(H,17,18). The molecule has 0 saturated heterocycles. The normalized spacial score (nSPS) is 18.4. The van der Waals surface area contributed by atoms with Crippen LogP contribution >= 0.6 is 11.3 Å². The van der Waals surface area contributed by atoms with Gasteiger partial charge in [-0.25, -0.2) is 4.98 Å². The summed E-state index contributed by atoms with van der Waals surface area (Å²) < 4.78 is 6.69. The van der Waals surface area contributed by atoms with Crippen LogP contribution < -0.4 is 9.37 Å². The molecular weight excluding hydrogens is 302 g/mol. The molecule has 1 unspecified atom stereocenters. The monoisotopic (exact) mass is 327 g/mol. The molecule has 118 valence electrons. The molecule has 4 nitrogen and oxygen atoms in total. The molecule has 1 aliphatic rings. The minimum atomic E-state index is -1.83. The lowest BCUT2D eigenvalue weighted by atomic mass is 10.1. The van der Waals surface area contributed by atoms with Crippen molar-refractivity contribution in [3.63, 3.8) is 0 Å². The number of carboxylic acid groups (broad SMARTS) is 1. The molecule has 6 heteroatoms. The summed E-state index contributed by atoms with van der Waals surface area (Å²) in [4.78, 5) is 16.9. The van der Waals surface area contributed by atoms with Crippen molar-refractivity contribution in [2.24, 2.45) is 0 Å². The Kier molecular flexibility index (Phi) is 4.49. The molecule has 1 aromatic heterocycles. The highest BCUT2D eigenvalue weighted by Crippen LogP contribution is 2.44. The second-order valence-corrected chi connectivity index (χ2v) is 14.0. The number of thiazole rings is 1. The van der Waals surface area contributed by atoms with Crippen LogP contribution in [0.5, 0.6) is 5.88 Å². The fraction of sp³-hybridized carbons (Fsp3) is 0.733. The third-order valence-corrected chi connectivity index (χ3v) is 13.8. The largest absolute Gasteiger partial charge is 0.481 e. The number of aliphatic carboxylic acids is 1. The Morgan fingerprint density at radius 1 is 1.24 bits per heavy atom. The van der Waals surface area contributed by atoms with Crippen LogP contribution in [-0.4, -0.2) is 30.7 Å². The van der Waals surface area contributed by atoms with Gasteiger partial charge in [0.15, 0.2) is 0 Å². The SMILES string of the molecule is CC(C)[Si](c1nc2c(s1)C(C(=O)O)CO2)(C(C)C)C(C)C. The Bertz CT molecular complexity index is 517. The first-order chi connectivity index (χ1) is 9.72. The van der Waals surface area contributed by atoms with Crippen LogP contribution in [0, 0.1) is 0 Å². The van der Waals surface area contributed by atoms with Crippen LogP contribution in [0.2, 0.25) is 16.6 Å². The number of carbonyl (C=O) groups is 1. The molecule has 21 heavy (non-hydrogen) atoms. The first-order valence-corrected chi connectivity index (χ1v) is 10.6. The van der Waals surface area contributed by atoms with Crippen LogP contribution in [0.25, 0.3) is 0 Å². The maximum absolute atomic E-state index is 11.3. The van der Waals surface area contributed by atoms with Crippen LogP contribution in [0.4, 0.5) is 0 Å². The van der Waals surface area contributed by atoms with Gasteiger partial charge in [-0.15, -0.1) is 11.3 Å². The minimum absolute atomic E-state index is 0.226. The van der Waals surface area contributed by atoms with Crippen molar-refractivity contribution in [2.75, 3.05) is 6.61 Å². The van der Waals surface area contributed by atoms with Crippen molar-refractivity contribution in [1.29, 1.82) is 0 Å². The van der Waals surface area contributed by atoms with Gasteiger partial charge < -0.3 is 9.84 Å². The molecule has 2 rings (SSSR count). The third kappa shape index (κ3) is 2.42. The van der Waals surface area contributed by atoms with Gasteiger partial charge in [0, 0.05) is 0 Å². The van der Waals surface area contributed by atoms with E-state index in [-0.39, 0.29) is 6.61 Å². The molecule has 1 aliphatic heterocycles. The Hall–Kier alpha value is -0.883. The Morgan fingerprint density at radius 2 is 1.76 bits per heavy atom. The zero-order valence-electron chi connectivity index (χ0n) is 13.6. The predicted octanol–water partition coefficient (Wildman–Crippen LogP) is 3.59. The highest BCUT2D eigenvalue weighted by atomic mass is 32.1. The highest BCUT2D eigenvalue weighted by Gasteiger charge is 2.49. The first-order valence-electron chi connectivity index (χ1n) is 7.59. The van der Waals surface area contributed by atoms with Gasteiger partial charge >= 0.3 is 5.97 Å². The van der Waals surface area contributed by atoms with E-state index in [0.717, 1.165) is 4.88 Å². The second-order valence-electron chi connectivity index (χ2n) is 6.79. The van der Waals surface area contributed by atoms with Crippen molar-refractivity contribution in [2.45, 2.75) is 64.1 Å². The summed E-state index contributed by atoms with van der Waals surface area (Å²) >= 11 is 1.60. The van der Waals surface area contributed by atoms with Gasteiger partial charge in [0.25, 0.3) is 0 Å². The summed E-state index contributed by atoms with van der Waals surface area (Å²) in [5.41, 5.74) is 1.69. The zero-order valence-corrected chi connectivity index (χ0v) is 15.5. The predicted molar refractivity (Wildman–Crippen MR) is 88.7 cm³/mol. The molecule has 1 N–H and O–H groups in total. The number of carboxylic acids is 1. The molecule has 0 fully saturated rings. The first kappa shape index (κ1) is 16.5. The van der Waals surface area contributed by atoms with E-state index in [1.165, 1.54) is 4.63 Å². The summed E-state index contributed by atoms with van der Waals surface area (Å²) in [5, 5.41) is 9.31. The fourth-order valence-electron chi connectivity index (χ4n) is 3.99. The molecule has 0 aromatic carbocycles. The van der Waals surface area contributed by atoms with Crippen LogP contribution in [0.1, 0.15) is 52.3 Å². The Morgan fingerprint density at radius 3 is 2.19 bits per heavy atom. The lowest BCUT2D eigenvalue weighted by molar-refractivity contribution is -0.138. The van der Waals surface area contributed by atoms with Crippen molar-refractivity contribution in [1.82, 2.24) is 4.98 Å². The van der Waals surface area contributed by atoms with Gasteiger partial charge in [0.1, 0.15) is 20.6 Å². The lowest BCUT2D eigenvalue weighted by Gasteiger charge is -2.41. The molecule has 0 saturated carbocycles. The lowest BCUT2D eigenvalue weighted by Crippen LogP contribution is -2.55. The number of ether oxygens (including phenoxy) is 1. The maximum Gasteiger partial charge on any atom is 0.315 e. The van der Waals surface area contributed by atoms with Gasteiger partial charge in [0.2, 0.25) is 5.88 Å². The second kappa shape index (κ2) is 5.72. The van der Waals surface area contributed by atoms with Crippen LogP contribution in [0.3, 0.4) is 0 Å². The molecule has 1 atom stereocenters. The Labute approximate surface area is 131 Å². The van der Waals surface area contributed by atoms with Gasteiger partial charge in [-0.1, -0.05) is 41.5 Å². The Balaban J connectivity index is 2.54. The minimum Gasteiger partial charge on any atom is -0.481 e. The van der Waals surface area contributed by atoms with Crippen molar-refractivity contribution < 1.29 is 14.6 Å². The number of hydrogen-bond donors (Lipinski definition) is 1. The third-order valence-electron chi connectivity index (χ3n) is 4.86. The van der Waals surface area contributed by atoms with E-state index in [0.29, 0.717) is 22.5 Å². The van der Waals surface area contributed by atoms with Crippen molar-refractivity contribution in [3.05, 3.63) is 4.88 Å². The summed E-state index contributed by atoms with van der Waals surface area (Å²) in [6.45, 7) is 13.9. The van der Waals surface area contributed by atoms with E-state index < -0.39 is 20.0 Å². The molecule has 1 aromatic rings. The molecular formula is C15H25NO3SSi. The number of rotatable bonds is 5. The summed E-state index contributed by atoms with van der Waals surface area (Å²) in [7, 11) is -1.83. The zero-order chi connectivity index (χ0) is 15.9. The van der Waals surface area contributed by atoms with E-state index in [2.05, 4.69) is 41.5 Å². The van der Waals surface area contributed by atoms with E-state index in [9.17, 15) is 9.90 Å². The molecule has 0 radical (unpaired) electrons. The maximum atomic E-state index is 11.3. The summed E-state index contributed by atoms with van der Waals surface area (Å²) in [5.74, 6) is -0.777. The average molecular weight is 328 g/mol. The molecule has 0 amide bonds. The van der Waals surface area contributed by atoms with E-state index in [1.54, 1.807) is 11.3 Å². The highest BCUT2D eigenvalue weighted by molar-refractivity contribution is 7.27. The number of aromatic nitrogens is 1. The average Bonchev–Trinajstić information content (AvgIpc) is 2.86. The summed E-state index contributed by atoms with van der Waals surface area (Å²) in [6, 6.07) is 0. The molecule has 0 bridgehead atoms. The molecule has 0 aliphatic carbocycles. The number of fused-ring (bicyclic) bond motifs is 1. The fourth-order valence-corrected chi connectivity index (χ4v) is 13.8. The van der Waals surface area contributed by atoms with Crippen LogP contribution in [0.15, 0.2) is 0 Å². The van der Waals surface area contributed by atoms with Crippen LogP contribution in [-0.2, 0) is 4.79 Å². The van der Waals surface area contributed by atoms with Gasteiger partial charge in [0.05, 0.1) is 9.51 Å². The smallest absolute Gasteiger partial charge is 0.315 e. The molecule has 0 spiro atoms. The number of hydrogen-bond acceptors (Lipinski definition) is 4. The van der Waals surface area contributed by atoms with Crippen molar-refractivity contribution >= 4 is 30.0 Å². The topological polar surface area (TPSA) is 59.4 Å². The van der Waals surface area contributed by atoms with E-state index in [1.807, 2.05) is 0 Å². The van der Waals surface area contributed by atoms with Crippen molar-refractivity contribution in [3.8, 4) is 5.88 Å². The van der Waals surface area contributed by atoms with E-state index >= 15 is 0 Å². The summed E-state index contributed by atoms with van der Waals surface area (Å²) in [6.07, 6.45) is 0. The quantitative estimate of drug-likeness (QED) is 0.840. The van der Waals surface area contributed by atoms with Gasteiger partial charge in [-0.3, -0.25) is 4.79 Å². The van der Waals surface area contributed by atoms with Gasteiger partial charge in [-0.2, -0.15) is 0 Å².